The average molecular weight is 270 g/mol. The van der Waals surface area contributed by atoms with E-state index in [0.717, 1.165) is 28.0 Å². The molecule has 0 radical (unpaired) electrons. The second-order valence-corrected chi connectivity index (χ2v) is 4.40. The Morgan fingerprint density at radius 3 is 2.30 bits per heavy atom. The van der Waals surface area contributed by atoms with Gasteiger partial charge in [0.15, 0.2) is 5.78 Å². The lowest BCUT2D eigenvalue weighted by atomic mass is 10.0. The van der Waals surface area contributed by atoms with Gasteiger partial charge >= 0.3 is 0 Å². The third kappa shape index (κ3) is 2.28. The van der Waals surface area contributed by atoms with Gasteiger partial charge in [-0.25, -0.2) is 0 Å². The summed E-state index contributed by atoms with van der Waals surface area (Å²) in [5, 5.41) is 6.89. The van der Waals surface area contributed by atoms with Gasteiger partial charge in [-0.2, -0.15) is 0 Å². The second kappa shape index (κ2) is 5.57. The molecule has 4 heteroatoms. The predicted molar refractivity (Wildman–Crippen MR) is 75.3 cm³/mol. The molecule has 1 aliphatic rings. The van der Waals surface area contributed by atoms with Crippen LogP contribution in [-0.4, -0.2) is 24.5 Å². The van der Waals surface area contributed by atoms with Gasteiger partial charge in [0.05, 0.1) is 7.11 Å². The van der Waals surface area contributed by atoms with E-state index in [9.17, 15) is 4.79 Å². The quantitative estimate of drug-likeness (QED) is 0.690. The highest BCUT2D eigenvalue weighted by atomic mass is 16.5. The Morgan fingerprint density at radius 1 is 1.00 bits per heavy atom. The highest BCUT2D eigenvalue weighted by molar-refractivity contribution is 6.21. The molecule has 0 unspecified atom stereocenters. The zero-order chi connectivity index (χ0) is 14.7. The van der Waals surface area contributed by atoms with Crippen LogP contribution in [0.4, 0.5) is 0 Å². The maximum absolute atomic E-state index is 12.2. The minimum absolute atomic E-state index is 0.0916. The van der Waals surface area contributed by atoms with E-state index >= 15 is 0 Å². The van der Waals surface area contributed by atoms with Crippen LogP contribution in [-0.2, 0) is 4.79 Å². The van der Waals surface area contributed by atoms with Gasteiger partial charge < -0.3 is 9.84 Å². The van der Waals surface area contributed by atoms with Gasteiger partial charge in [-0.1, -0.05) is 23.8 Å². The molecule has 1 N–H and O–H groups in total. The van der Waals surface area contributed by atoms with Crippen molar-refractivity contribution in [1.29, 1.82) is 0 Å². The third-order valence-corrected chi connectivity index (χ3v) is 3.18. The summed E-state index contributed by atoms with van der Waals surface area (Å²) < 4.78 is 5.16. The summed E-state index contributed by atoms with van der Waals surface area (Å²) in [7, 11) is 1.61. The number of ketones is 1. The topological polar surface area (TPSA) is 63.6 Å². The standard InChI is InChI=1S/C15H12O2.CH2O2/c1-9-3-5-12-13(7-9)11-6-4-10(17-2)8-14(11)15(12)16;2-1-3/h3-8H,1-2H3;1H,(H,2,3). The van der Waals surface area contributed by atoms with Crippen molar-refractivity contribution >= 4 is 12.3 Å². The molecule has 20 heavy (non-hydrogen) atoms. The van der Waals surface area contributed by atoms with E-state index in [4.69, 9.17) is 14.6 Å². The highest BCUT2D eigenvalue weighted by Gasteiger charge is 2.26. The van der Waals surface area contributed by atoms with Crippen molar-refractivity contribution in [3.05, 3.63) is 53.1 Å². The Labute approximate surface area is 116 Å². The van der Waals surface area contributed by atoms with Crippen LogP contribution < -0.4 is 4.74 Å². The van der Waals surface area contributed by atoms with E-state index in [1.54, 1.807) is 7.11 Å². The van der Waals surface area contributed by atoms with E-state index in [-0.39, 0.29) is 12.3 Å². The Kier molecular flexibility index (Phi) is 3.84. The number of carbonyl (C=O) groups excluding carboxylic acids is 1. The first-order chi connectivity index (χ1) is 9.62. The number of carboxylic acid groups (broad SMARTS) is 1. The zero-order valence-corrected chi connectivity index (χ0v) is 11.2. The molecule has 0 heterocycles. The van der Waals surface area contributed by atoms with Crippen LogP contribution in [0.2, 0.25) is 0 Å². The molecule has 0 aromatic heterocycles. The summed E-state index contributed by atoms with van der Waals surface area (Å²) in [6.07, 6.45) is 0. The third-order valence-electron chi connectivity index (χ3n) is 3.18. The molecule has 0 aliphatic heterocycles. The van der Waals surface area contributed by atoms with Crippen molar-refractivity contribution in [3.8, 4) is 16.9 Å². The van der Waals surface area contributed by atoms with E-state index < -0.39 is 0 Å². The van der Waals surface area contributed by atoms with E-state index in [1.807, 2.05) is 37.3 Å². The minimum atomic E-state index is -0.250. The lowest BCUT2D eigenvalue weighted by molar-refractivity contribution is -0.122. The summed E-state index contributed by atoms with van der Waals surface area (Å²) in [5.74, 6) is 0.815. The molecular weight excluding hydrogens is 256 g/mol. The lowest BCUT2D eigenvalue weighted by Gasteiger charge is -2.03. The smallest absolute Gasteiger partial charge is 0.290 e. The minimum Gasteiger partial charge on any atom is -0.497 e. The van der Waals surface area contributed by atoms with Crippen LogP contribution >= 0.6 is 0 Å². The van der Waals surface area contributed by atoms with Crippen molar-refractivity contribution in [2.75, 3.05) is 7.11 Å². The van der Waals surface area contributed by atoms with Crippen LogP contribution in [0.15, 0.2) is 36.4 Å². The summed E-state index contributed by atoms with van der Waals surface area (Å²) in [6.45, 7) is 1.78. The van der Waals surface area contributed by atoms with Gasteiger partial charge in [0.2, 0.25) is 0 Å². The number of benzene rings is 2. The Morgan fingerprint density at radius 2 is 1.65 bits per heavy atom. The highest BCUT2D eigenvalue weighted by Crippen LogP contribution is 2.38. The number of hydrogen-bond donors (Lipinski definition) is 1. The maximum Gasteiger partial charge on any atom is 0.290 e. The van der Waals surface area contributed by atoms with Gasteiger partial charge in [0.1, 0.15) is 5.75 Å². The first-order valence-corrected chi connectivity index (χ1v) is 6.04. The van der Waals surface area contributed by atoms with Gasteiger partial charge in [-0.3, -0.25) is 9.59 Å². The molecule has 2 aromatic rings. The van der Waals surface area contributed by atoms with Crippen molar-refractivity contribution in [2.24, 2.45) is 0 Å². The van der Waals surface area contributed by atoms with Crippen molar-refractivity contribution < 1.29 is 19.4 Å². The summed E-state index contributed by atoms with van der Waals surface area (Å²) in [6, 6.07) is 11.6. The number of hydrogen-bond acceptors (Lipinski definition) is 3. The number of aryl methyl sites for hydroxylation is 1. The number of rotatable bonds is 1. The Balaban J connectivity index is 0.000000452. The maximum atomic E-state index is 12.2. The summed E-state index contributed by atoms with van der Waals surface area (Å²) in [5.41, 5.74) is 4.74. The number of methoxy groups -OCH3 is 1. The molecule has 0 saturated heterocycles. The van der Waals surface area contributed by atoms with E-state index in [2.05, 4.69) is 6.07 Å². The molecule has 0 bridgehead atoms. The number of ether oxygens (including phenoxy) is 1. The fourth-order valence-corrected chi connectivity index (χ4v) is 2.30. The Hall–Kier alpha value is -2.62. The largest absolute Gasteiger partial charge is 0.497 e. The molecule has 0 fully saturated rings. The van der Waals surface area contributed by atoms with Gasteiger partial charge in [-0.15, -0.1) is 0 Å². The molecule has 2 aromatic carbocycles. The molecule has 102 valence electrons. The zero-order valence-electron chi connectivity index (χ0n) is 11.2. The van der Waals surface area contributed by atoms with Gasteiger partial charge in [-0.05, 0) is 36.2 Å². The van der Waals surface area contributed by atoms with Crippen LogP contribution in [0.25, 0.3) is 11.1 Å². The summed E-state index contributed by atoms with van der Waals surface area (Å²) >= 11 is 0. The lowest BCUT2D eigenvalue weighted by Crippen LogP contribution is -1.95. The van der Waals surface area contributed by atoms with Crippen LogP contribution in [0.5, 0.6) is 5.75 Å². The predicted octanol–water partition coefficient (Wildman–Crippen LogP) is 2.92. The van der Waals surface area contributed by atoms with Crippen LogP contribution in [0, 0.1) is 6.92 Å². The molecule has 0 saturated carbocycles. The summed E-state index contributed by atoms with van der Waals surface area (Å²) in [4.78, 5) is 20.6. The van der Waals surface area contributed by atoms with Crippen LogP contribution in [0.3, 0.4) is 0 Å². The van der Waals surface area contributed by atoms with Crippen molar-refractivity contribution in [3.63, 3.8) is 0 Å². The van der Waals surface area contributed by atoms with Crippen LogP contribution in [0.1, 0.15) is 21.5 Å². The molecule has 0 spiro atoms. The average Bonchev–Trinajstić information content (AvgIpc) is 2.72. The fraction of sp³-hybridized carbons (Fsp3) is 0.125. The monoisotopic (exact) mass is 270 g/mol. The second-order valence-electron chi connectivity index (χ2n) is 4.40. The molecule has 4 nitrogen and oxygen atoms in total. The van der Waals surface area contributed by atoms with Crippen molar-refractivity contribution in [2.45, 2.75) is 6.92 Å². The molecule has 0 amide bonds. The molecular formula is C16H14O4. The van der Waals surface area contributed by atoms with E-state index in [1.165, 1.54) is 5.56 Å². The van der Waals surface area contributed by atoms with E-state index in [0.29, 0.717) is 0 Å². The van der Waals surface area contributed by atoms with Gasteiger partial charge in [0.25, 0.3) is 6.47 Å². The molecule has 1 aliphatic carbocycles. The fourth-order valence-electron chi connectivity index (χ4n) is 2.30. The Bertz CT molecular complexity index is 674. The number of fused-ring (bicyclic) bond motifs is 3. The SMILES string of the molecule is COc1ccc2c(c1)C(=O)c1ccc(C)cc1-2.O=CO. The normalized spacial score (nSPS) is 11.0. The first-order valence-electron chi connectivity index (χ1n) is 6.04. The van der Waals surface area contributed by atoms with Crippen molar-refractivity contribution in [1.82, 2.24) is 0 Å². The molecule has 3 rings (SSSR count). The first kappa shape index (κ1) is 13.8. The number of carbonyl (C=O) groups is 2. The molecule has 0 atom stereocenters. The van der Waals surface area contributed by atoms with Gasteiger partial charge in [0, 0.05) is 11.1 Å².